The number of halogens is 2. The topological polar surface area (TPSA) is 66.5 Å². The summed E-state index contributed by atoms with van der Waals surface area (Å²) in [5.41, 5.74) is 1.36. The molecule has 2 rings (SSSR count). The molecule has 26 heavy (non-hydrogen) atoms. The second kappa shape index (κ2) is 9.26. The smallest absolute Gasteiger partial charge is 0.232 e. The lowest BCUT2D eigenvalue weighted by molar-refractivity contribution is -0.121. The number of para-hydroxylation sites is 1. The van der Waals surface area contributed by atoms with Crippen molar-refractivity contribution in [2.75, 3.05) is 17.1 Å². The van der Waals surface area contributed by atoms with Gasteiger partial charge in [-0.15, -0.1) is 0 Å². The standard InChI is InChI=1S/C18H20Cl2N2O3S/c1-26(24,25)22(16-6-3-2-4-7-16)11-5-8-18(23)21-13-14-9-10-15(19)12-17(14)20/h2-4,6-7,9-10,12H,5,8,11,13H2,1H3,(H,21,23). The highest BCUT2D eigenvalue weighted by molar-refractivity contribution is 7.92. The summed E-state index contributed by atoms with van der Waals surface area (Å²) in [6.07, 6.45) is 1.77. The molecule has 1 N–H and O–H groups in total. The third-order valence-electron chi connectivity index (χ3n) is 3.70. The highest BCUT2D eigenvalue weighted by Gasteiger charge is 2.17. The van der Waals surface area contributed by atoms with Crippen LogP contribution in [0.2, 0.25) is 10.0 Å². The summed E-state index contributed by atoms with van der Waals surface area (Å²) >= 11 is 11.9. The molecule has 0 bridgehead atoms. The van der Waals surface area contributed by atoms with E-state index in [4.69, 9.17) is 23.2 Å². The van der Waals surface area contributed by atoms with Crippen molar-refractivity contribution in [2.24, 2.45) is 0 Å². The lowest BCUT2D eigenvalue weighted by Crippen LogP contribution is -2.32. The zero-order valence-electron chi connectivity index (χ0n) is 14.3. The molecule has 0 saturated heterocycles. The summed E-state index contributed by atoms with van der Waals surface area (Å²) in [5.74, 6) is -0.169. The SMILES string of the molecule is CS(=O)(=O)N(CCCC(=O)NCc1ccc(Cl)cc1Cl)c1ccccc1. The number of hydrogen-bond donors (Lipinski definition) is 1. The summed E-state index contributed by atoms with van der Waals surface area (Å²) in [5, 5.41) is 3.80. The molecule has 0 atom stereocenters. The number of rotatable bonds is 8. The number of carbonyl (C=O) groups is 1. The van der Waals surface area contributed by atoms with Crippen LogP contribution >= 0.6 is 23.2 Å². The molecule has 0 aliphatic heterocycles. The maximum absolute atomic E-state index is 12.0. The molecule has 0 spiro atoms. The number of sulfonamides is 1. The van der Waals surface area contributed by atoms with Crippen molar-refractivity contribution < 1.29 is 13.2 Å². The molecule has 0 radical (unpaired) electrons. The molecule has 0 heterocycles. The van der Waals surface area contributed by atoms with E-state index in [9.17, 15) is 13.2 Å². The number of benzene rings is 2. The Kier molecular flexibility index (Phi) is 7.32. The highest BCUT2D eigenvalue weighted by Crippen LogP contribution is 2.21. The Balaban J connectivity index is 1.86. The lowest BCUT2D eigenvalue weighted by atomic mass is 10.2. The van der Waals surface area contributed by atoms with Crippen molar-refractivity contribution >= 4 is 44.8 Å². The van der Waals surface area contributed by atoms with Crippen LogP contribution in [0, 0.1) is 0 Å². The molecule has 0 unspecified atom stereocenters. The van der Waals surface area contributed by atoms with Gasteiger partial charge < -0.3 is 5.32 Å². The Morgan fingerprint density at radius 3 is 2.42 bits per heavy atom. The number of anilines is 1. The van der Waals surface area contributed by atoms with Crippen molar-refractivity contribution in [1.29, 1.82) is 0 Å². The van der Waals surface area contributed by atoms with Crippen LogP contribution in [0.15, 0.2) is 48.5 Å². The lowest BCUT2D eigenvalue weighted by Gasteiger charge is -2.22. The van der Waals surface area contributed by atoms with Crippen LogP contribution in [-0.2, 0) is 21.4 Å². The number of amides is 1. The van der Waals surface area contributed by atoms with E-state index in [1.807, 2.05) is 6.07 Å². The number of hydrogen-bond acceptors (Lipinski definition) is 3. The Morgan fingerprint density at radius 1 is 1.12 bits per heavy atom. The monoisotopic (exact) mass is 414 g/mol. The largest absolute Gasteiger partial charge is 0.352 e. The first-order chi connectivity index (χ1) is 12.3. The molecule has 0 saturated carbocycles. The van der Waals surface area contributed by atoms with Gasteiger partial charge in [-0.2, -0.15) is 0 Å². The minimum atomic E-state index is -3.41. The summed E-state index contributed by atoms with van der Waals surface area (Å²) in [4.78, 5) is 12.0. The molecule has 0 fully saturated rings. The number of nitrogens with one attached hydrogen (secondary N) is 1. The average Bonchev–Trinajstić information content (AvgIpc) is 2.57. The maximum Gasteiger partial charge on any atom is 0.232 e. The van der Waals surface area contributed by atoms with Crippen LogP contribution in [0.25, 0.3) is 0 Å². The minimum absolute atomic E-state index is 0.169. The van der Waals surface area contributed by atoms with E-state index in [0.717, 1.165) is 11.8 Å². The molecule has 0 aromatic heterocycles. The van der Waals surface area contributed by atoms with E-state index in [2.05, 4.69) is 5.32 Å². The molecule has 1 amide bonds. The molecule has 5 nitrogen and oxygen atoms in total. The summed E-state index contributed by atoms with van der Waals surface area (Å²) in [7, 11) is -3.41. The van der Waals surface area contributed by atoms with Gasteiger partial charge in [0, 0.05) is 29.6 Å². The molecule has 140 valence electrons. The van der Waals surface area contributed by atoms with Crippen LogP contribution in [-0.4, -0.2) is 27.1 Å². The van der Waals surface area contributed by atoms with Crippen molar-refractivity contribution in [3.8, 4) is 0 Å². The van der Waals surface area contributed by atoms with Gasteiger partial charge in [0.25, 0.3) is 0 Å². The first-order valence-corrected chi connectivity index (χ1v) is 10.6. The van der Waals surface area contributed by atoms with Crippen molar-refractivity contribution in [2.45, 2.75) is 19.4 Å². The van der Waals surface area contributed by atoms with Crippen molar-refractivity contribution in [1.82, 2.24) is 5.32 Å². The van der Waals surface area contributed by atoms with Gasteiger partial charge in [-0.25, -0.2) is 8.42 Å². The summed E-state index contributed by atoms with van der Waals surface area (Å²) in [6, 6.07) is 13.9. The van der Waals surface area contributed by atoms with Crippen LogP contribution < -0.4 is 9.62 Å². The van der Waals surface area contributed by atoms with Crippen molar-refractivity contribution in [3.05, 3.63) is 64.1 Å². The summed E-state index contributed by atoms with van der Waals surface area (Å²) < 4.78 is 25.3. The first-order valence-electron chi connectivity index (χ1n) is 8.01. The van der Waals surface area contributed by atoms with E-state index in [0.29, 0.717) is 28.7 Å². The Bertz CT molecular complexity index is 858. The summed E-state index contributed by atoms with van der Waals surface area (Å²) in [6.45, 7) is 0.529. The van der Waals surface area contributed by atoms with Crippen LogP contribution in [0.4, 0.5) is 5.69 Å². The van der Waals surface area contributed by atoms with Gasteiger partial charge in [-0.05, 0) is 36.2 Å². The fourth-order valence-electron chi connectivity index (χ4n) is 2.41. The molecule has 2 aromatic rings. The van der Waals surface area contributed by atoms with Gasteiger partial charge in [0.05, 0.1) is 11.9 Å². The normalized spacial score (nSPS) is 11.2. The second-order valence-corrected chi connectivity index (χ2v) is 8.54. The average molecular weight is 415 g/mol. The second-order valence-electron chi connectivity index (χ2n) is 5.79. The molecular weight excluding hydrogens is 395 g/mol. The third kappa shape index (κ3) is 6.20. The number of nitrogens with zero attached hydrogens (tertiary/aromatic N) is 1. The molecule has 8 heteroatoms. The Hall–Kier alpha value is -1.76. The Morgan fingerprint density at radius 2 is 1.81 bits per heavy atom. The molecular formula is C18H20Cl2N2O3S. The van der Waals surface area contributed by atoms with E-state index >= 15 is 0 Å². The quantitative estimate of drug-likeness (QED) is 0.712. The van der Waals surface area contributed by atoms with E-state index < -0.39 is 10.0 Å². The van der Waals surface area contributed by atoms with E-state index in [-0.39, 0.29) is 18.9 Å². The Labute approximate surface area is 164 Å². The predicted molar refractivity (Wildman–Crippen MR) is 106 cm³/mol. The maximum atomic E-state index is 12.0. The van der Waals surface area contributed by atoms with Crippen LogP contribution in [0.1, 0.15) is 18.4 Å². The molecule has 0 aliphatic carbocycles. The van der Waals surface area contributed by atoms with Gasteiger partial charge in [0.2, 0.25) is 15.9 Å². The van der Waals surface area contributed by atoms with Gasteiger partial charge in [-0.1, -0.05) is 47.5 Å². The molecule has 0 aliphatic rings. The van der Waals surface area contributed by atoms with Crippen LogP contribution in [0.5, 0.6) is 0 Å². The van der Waals surface area contributed by atoms with Gasteiger partial charge >= 0.3 is 0 Å². The predicted octanol–water partition coefficient (Wildman–Crippen LogP) is 3.86. The third-order valence-corrected chi connectivity index (χ3v) is 5.48. The first kappa shape index (κ1) is 20.6. The fourth-order valence-corrected chi connectivity index (χ4v) is 3.85. The van der Waals surface area contributed by atoms with Gasteiger partial charge in [0.1, 0.15) is 0 Å². The zero-order chi connectivity index (χ0) is 19.2. The zero-order valence-corrected chi connectivity index (χ0v) is 16.6. The highest BCUT2D eigenvalue weighted by atomic mass is 35.5. The molecule has 2 aromatic carbocycles. The number of carbonyl (C=O) groups excluding carboxylic acids is 1. The van der Waals surface area contributed by atoms with Crippen LogP contribution in [0.3, 0.4) is 0 Å². The van der Waals surface area contributed by atoms with Crippen molar-refractivity contribution in [3.63, 3.8) is 0 Å². The van der Waals surface area contributed by atoms with Gasteiger partial charge in [0.15, 0.2) is 0 Å². The fraction of sp³-hybridized carbons (Fsp3) is 0.278. The van der Waals surface area contributed by atoms with E-state index in [1.165, 1.54) is 4.31 Å². The van der Waals surface area contributed by atoms with Gasteiger partial charge in [-0.3, -0.25) is 9.10 Å². The minimum Gasteiger partial charge on any atom is -0.352 e. The van der Waals surface area contributed by atoms with E-state index in [1.54, 1.807) is 42.5 Å².